The summed E-state index contributed by atoms with van der Waals surface area (Å²) in [6.07, 6.45) is 1.82. The summed E-state index contributed by atoms with van der Waals surface area (Å²) in [6, 6.07) is 3.12. The topological polar surface area (TPSA) is 79.5 Å². The highest BCUT2D eigenvalue weighted by Gasteiger charge is 2.40. The molecule has 1 atom stereocenters. The number of aromatic amines is 1. The van der Waals surface area contributed by atoms with E-state index in [0.717, 1.165) is 12.8 Å². The second kappa shape index (κ2) is 7.68. The van der Waals surface area contributed by atoms with Gasteiger partial charge < -0.3 is 14.6 Å². The molecule has 0 bridgehead atoms. The molecule has 0 aromatic carbocycles. The Morgan fingerprint density at radius 1 is 1.33 bits per heavy atom. The number of carbonyl (C=O) groups is 3. The molecule has 2 aromatic rings. The predicted molar refractivity (Wildman–Crippen MR) is 104 cm³/mol. The SMILES string of the molecule is CCOC(=O)c1[nH]c(C)c(C(=O)[C@@H](C)N(C(=O)c2cccs2)C2CC2)c1C. The number of ether oxygens (including phenoxy) is 1. The number of esters is 1. The normalized spacial score (nSPS) is 14.7. The number of aromatic nitrogens is 1. The van der Waals surface area contributed by atoms with Gasteiger partial charge in [0.2, 0.25) is 0 Å². The molecule has 1 aliphatic carbocycles. The molecule has 2 aromatic heterocycles. The van der Waals surface area contributed by atoms with Crippen molar-refractivity contribution in [1.82, 2.24) is 9.88 Å². The molecule has 27 heavy (non-hydrogen) atoms. The Morgan fingerprint density at radius 2 is 2.04 bits per heavy atom. The lowest BCUT2D eigenvalue weighted by Crippen LogP contribution is -2.44. The van der Waals surface area contributed by atoms with Crippen LogP contribution in [0.1, 0.15) is 68.5 Å². The maximum absolute atomic E-state index is 13.3. The molecule has 1 aliphatic rings. The first-order valence-corrected chi connectivity index (χ1v) is 10.0. The van der Waals surface area contributed by atoms with Crippen molar-refractivity contribution in [3.63, 3.8) is 0 Å². The quantitative estimate of drug-likeness (QED) is 0.579. The molecule has 3 rings (SSSR count). The van der Waals surface area contributed by atoms with Crippen LogP contribution in [-0.2, 0) is 4.74 Å². The molecule has 1 N–H and O–H groups in total. The first-order valence-electron chi connectivity index (χ1n) is 9.13. The van der Waals surface area contributed by atoms with Gasteiger partial charge in [0.05, 0.1) is 17.5 Å². The number of nitrogens with one attached hydrogen (secondary N) is 1. The van der Waals surface area contributed by atoms with Gasteiger partial charge in [0.15, 0.2) is 5.78 Å². The summed E-state index contributed by atoms with van der Waals surface area (Å²) in [5, 5.41) is 1.86. The molecule has 0 spiro atoms. The van der Waals surface area contributed by atoms with Crippen molar-refractivity contribution in [2.45, 2.75) is 52.6 Å². The lowest BCUT2D eigenvalue weighted by Gasteiger charge is -2.28. The molecule has 0 aliphatic heterocycles. The van der Waals surface area contributed by atoms with Crippen molar-refractivity contribution < 1.29 is 19.1 Å². The van der Waals surface area contributed by atoms with E-state index in [1.165, 1.54) is 11.3 Å². The average Bonchev–Trinajstić information content (AvgIpc) is 3.20. The minimum absolute atomic E-state index is 0.0997. The van der Waals surface area contributed by atoms with Crippen molar-refractivity contribution in [3.05, 3.63) is 44.9 Å². The lowest BCUT2D eigenvalue weighted by molar-refractivity contribution is 0.0518. The Morgan fingerprint density at radius 3 is 2.59 bits per heavy atom. The smallest absolute Gasteiger partial charge is 0.355 e. The Kier molecular flexibility index (Phi) is 5.51. The van der Waals surface area contributed by atoms with Crippen molar-refractivity contribution >= 4 is 29.0 Å². The van der Waals surface area contributed by atoms with E-state index in [1.807, 2.05) is 11.4 Å². The number of Topliss-reactive ketones (excluding diaryl/α,β-unsaturated/α-hetero) is 1. The minimum atomic E-state index is -0.602. The molecule has 0 saturated heterocycles. The lowest BCUT2D eigenvalue weighted by atomic mass is 9.99. The number of H-pyrrole nitrogens is 1. The van der Waals surface area contributed by atoms with Crippen molar-refractivity contribution in [2.75, 3.05) is 6.61 Å². The fourth-order valence-corrected chi connectivity index (χ4v) is 4.07. The maximum atomic E-state index is 13.3. The summed E-state index contributed by atoms with van der Waals surface area (Å²) in [7, 11) is 0. The van der Waals surface area contributed by atoms with Crippen LogP contribution >= 0.6 is 11.3 Å². The first-order chi connectivity index (χ1) is 12.9. The number of rotatable bonds is 7. The third kappa shape index (κ3) is 3.69. The number of carbonyl (C=O) groups excluding carboxylic acids is 3. The van der Waals surface area contributed by atoms with E-state index in [-0.39, 0.29) is 24.3 Å². The van der Waals surface area contributed by atoms with E-state index in [0.29, 0.717) is 27.4 Å². The van der Waals surface area contributed by atoms with Gasteiger partial charge in [0, 0.05) is 17.3 Å². The number of hydrogen-bond donors (Lipinski definition) is 1. The van der Waals surface area contributed by atoms with Crippen LogP contribution in [0.2, 0.25) is 0 Å². The largest absolute Gasteiger partial charge is 0.461 e. The van der Waals surface area contributed by atoms with Crippen LogP contribution in [0.15, 0.2) is 17.5 Å². The van der Waals surface area contributed by atoms with E-state index >= 15 is 0 Å². The molecular weight excluding hydrogens is 364 g/mol. The number of nitrogens with zero attached hydrogens (tertiary/aromatic N) is 1. The number of thiophene rings is 1. The molecule has 144 valence electrons. The highest BCUT2D eigenvalue weighted by molar-refractivity contribution is 7.12. The standard InChI is InChI=1S/C20H24N2O4S/c1-5-26-20(25)17-11(2)16(12(3)21-17)18(23)13(4)22(14-8-9-14)19(24)15-7-6-10-27-15/h6-7,10,13-14,21H,5,8-9H2,1-4H3/t13-/m1/s1. The van der Waals surface area contributed by atoms with E-state index in [4.69, 9.17) is 4.74 Å². The van der Waals surface area contributed by atoms with Crippen LogP contribution in [0.25, 0.3) is 0 Å². The van der Waals surface area contributed by atoms with E-state index in [9.17, 15) is 14.4 Å². The van der Waals surface area contributed by atoms with Gasteiger partial charge in [-0.1, -0.05) is 6.07 Å². The zero-order valence-corrected chi connectivity index (χ0v) is 16.8. The van der Waals surface area contributed by atoms with Crippen molar-refractivity contribution in [2.24, 2.45) is 0 Å². The maximum Gasteiger partial charge on any atom is 0.355 e. The van der Waals surface area contributed by atoms with Gasteiger partial charge in [-0.15, -0.1) is 11.3 Å². The Bertz CT molecular complexity index is 865. The van der Waals surface area contributed by atoms with Gasteiger partial charge >= 0.3 is 5.97 Å². The first kappa shape index (κ1) is 19.4. The second-order valence-corrected chi connectivity index (χ2v) is 7.75. The minimum Gasteiger partial charge on any atom is -0.461 e. The monoisotopic (exact) mass is 388 g/mol. The number of amides is 1. The van der Waals surface area contributed by atoms with Gasteiger partial charge in [-0.05, 0) is 57.5 Å². The molecule has 7 heteroatoms. The average molecular weight is 388 g/mol. The van der Waals surface area contributed by atoms with Crippen LogP contribution in [0.3, 0.4) is 0 Å². The van der Waals surface area contributed by atoms with Crippen LogP contribution in [0, 0.1) is 13.8 Å². The fraction of sp³-hybridized carbons (Fsp3) is 0.450. The summed E-state index contributed by atoms with van der Waals surface area (Å²) in [4.78, 5) is 43.6. The highest BCUT2D eigenvalue weighted by atomic mass is 32.1. The van der Waals surface area contributed by atoms with Gasteiger partial charge in [-0.2, -0.15) is 0 Å². The summed E-state index contributed by atoms with van der Waals surface area (Å²) in [6.45, 7) is 7.26. The Hall–Kier alpha value is -2.41. The Balaban J connectivity index is 1.90. The molecule has 1 fully saturated rings. The second-order valence-electron chi connectivity index (χ2n) is 6.81. The van der Waals surface area contributed by atoms with Gasteiger partial charge in [-0.25, -0.2) is 4.79 Å². The van der Waals surface area contributed by atoms with E-state index < -0.39 is 12.0 Å². The molecule has 1 saturated carbocycles. The zero-order valence-electron chi connectivity index (χ0n) is 16.0. The molecule has 2 heterocycles. The highest BCUT2D eigenvalue weighted by Crippen LogP contribution is 2.33. The molecule has 0 unspecified atom stereocenters. The van der Waals surface area contributed by atoms with Gasteiger partial charge in [0.1, 0.15) is 5.69 Å². The zero-order chi connectivity index (χ0) is 19.7. The molecule has 0 radical (unpaired) electrons. The van der Waals surface area contributed by atoms with Crippen molar-refractivity contribution in [3.8, 4) is 0 Å². The third-order valence-electron chi connectivity index (χ3n) is 4.87. The predicted octanol–water partition coefficient (Wildman–Crippen LogP) is 3.75. The Labute approximate surface area is 162 Å². The van der Waals surface area contributed by atoms with Gasteiger partial charge in [-0.3, -0.25) is 9.59 Å². The fourth-order valence-electron chi connectivity index (χ4n) is 3.40. The van der Waals surface area contributed by atoms with E-state index in [2.05, 4.69) is 4.98 Å². The summed E-state index contributed by atoms with van der Waals surface area (Å²) in [5.74, 6) is -0.739. The van der Waals surface area contributed by atoms with E-state index in [1.54, 1.807) is 38.7 Å². The van der Waals surface area contributed by atoms with Crippen LogP contribution in [0.4, 0.5) is 0 Å². The summed E-state index contributed by atoms with van der Waals surface area (Å²) in [5.41, 5.74) is 1.96. The summed E-state index contributed by atoms with van der Waals surface area (Å²) < 4.78 is 5.06. The van der Waals surface area contributed by atoms with Crippen LogP contribution < -0.4 is 0 Å². The van der Waals surface area contributed by atoms with Crippen LogP contribution in [-0.4, -0.2) is 46.2 Å². The van der Waals surface area contributed by atoms with Crippen molar-refractivity contribution in [1.29, 1.82) is 0 Å². The molecule has 1 amide bonds. The molecular formula is C20H24N2O4S. The molecule has 6 nitrogen and oxygen atoms in total. The summed E-state index contributed by atoms with van der Waals surface area (Å²) >= 11 is 1.38. The number of aryl methyl sites for hydroxylation is 1. The van der Waals surface area contributed by atoms with Crippen LogP contribution in [0.5, 0.6) is 0 Å². The number of hydrogen-bond acceptors (Lipinski definition) is 5. The van der Waals surface area contributed by atoms with Gasteiger partial charge in [0.25, 0.3) is 5.91 Å². The number of ketones is 1. The third-order valence-corrected chi connectivity index (χ3v) is 5.72.